The van der Waals surface area contributed by atoms with E-state index in [0.29, 0.717) is 5.92 Å². The van der Waals surface area contributed by atoms with Crippen LogP contribution in [0.4, 0.5) is 0 Å². The molecule has 0 aliphatic heterocycles. The summed E-state index contributed by atoms with van der Waals surface area (Å²) in [5.41, 5.74) is 1.89. The molecule has 0 heterocycles. The lowest BCUT2D eigenvalue weighted by Gasteiger charge is -2.38. The Labute approximate surface area is 118 Å². The van der Waals surface area contributed by atoms with Crippen molar-refractivity contribution in [2.45, 2.75) is 64.9 Å². The Morgan fingerprint density at radius 3 is 2.53 bits per heavy atom. The molecule has 1 aromatic carbocycles. The molecule has 1 aliphatic rings. The molecule has 0 bridgehead atoms. The molecule has 2 rings (SSSR count). The van der Waals surface area contributed by atoms with Gasteiger partial charge in [-0.25, -0.2) is 0 Å². The lowest BCUT2D eigenvalue weighted by molar-refractivity contribution is -0.0244. The maximum Gasteiger partial charge on any atom is 0.0899 e. The molecule has 0 spiro atoms. The number of benzene rings is 1. The number of aliphatic hydroxyl groups is 1. The SMILES string of the molecule is CCc1ccc(C2(O)CCCC(CC(C)C)C2)cc1. The third kappa shape index (κ3) is 3.60. The first-order chi connectivity index (χ1) is 9.03. The normalized spacial score (nSPS) is 27.7. The zero-order valence-electron chi connectivity index (χ0n) is 12.7. The zero-order valence-corrected chi connectivity index (χ0v) is 12.7. The number of hydrogen-bond donors (Lipinski definition) is 1. The largest absolute Gasteiger partial charge is 0.385 e. The number of aryl methyl sites for hydroxylation is 1. The molecule has 0 aromatic heterocycles. The van der Waals surface area contributed by atoms with E-state index in [1.165, 1.54) is 18.4 Å². The summed E-state index contributed by atoms with van der Waals surface area (Å²) < 4.78 is 0. The topological polar surface area (TPSA) is 20.2 Å². The summed E-state index contributed by atoms with van der Waals surface area (Å²) in [4.78, 5) is 0. The first-order valence-corrected chi connectivity index (χ1v) is 7.85. The Balaban J connectivity index is 2.11. The van der Waals surface area contributed by atoms with Crippen LogP contribution in [0, 0.1) is 11.8 Å². The minimum absolute atomic E-state index is 0.579. The van der Waals surface area contributed by atoms with Crippen molar-refractivity contribution >= 4 is 0 Å². The van der Waals surface area contributed by atoms with Crippen LogP contribution in [-0.2, 0) is 12.0 Å². The minimum Gasteiger partial charge on any atom is -0.385 e. The summed E-state index contributed by atoms with van der Waals surface area (Å²) in [5, 5.41) is 11.0. The van der Waals surface area contributed by atoms with Crippen LogP contribution < -0.4 is 0 Å². The molecule has 2 unspecified atom stereocenters. The summed E-state index contributed by atoms with van der Waals surface area (Å²) in [6.07, 6.45) is 6.62. The van der Waals surface area contributed by atoms with Crippen molar-refractivity contribution in [3.05, 3.63) is 35.4 Å². The van der Waals surface area contributed by atoms with Gasteiger partial charge < -0.3 is 5.11 Å². The van der Waals surface area contributed by atoms with Crippen LogP contribution in [0.2, 0.25) is 0 Å². The molecule has 1 fully saturated rings. The maximum atomic E-state index is 11.0. The van der Waals surface area contributed by atoms with Crippen molar-refractivity contribution in [3.8, 4) is 0 Å². The maximum absolute atomic E-state index is 11.0. The molecule has 1 N–H and O–H groups in total. The molecule has 0 radical (unpaired) electrons. The van der Waals surface area contributed by atoms with E-state index in [2.05, 4.69) is 45.0 Å². The predicted octanol–water partition coefficient (Wildman–Crippen LogP) is 4.67. The molecule has 1 aliphatic carbocycles. The smallest absolute Gasteiger partial charge is 0.0899 e. The molecule has 2 atom stereocenters. The van der Waals surface area contributed by atoms with Gasteiger partial charge in [-0.3, -0.25) is 0 Å². The Morgan fingerprint density at radius 2 is 1.95 bits per heavy atom. The van der Waals surface area contributed by atoms with E-state index in [-0.39, 0.29) is 0 Å². The highest BCUT2D eigenvalue weighted by molar-refractivity contribution is 5.27. The van der Waals surface area contributed by atoms with Gasteiger partial charge in [0.1, 0.15) is 0 Å². The van der Waals surface area contributed by atoms with Gasteiger partial charge in [0, 0.05) is 0 Å². The quantitative estimate of drug-likeness (QED) is 0.834. The van der Waals surface area contributed by atoms with E-state index in [1.54, 1.807) is 0 Å². The molecular weight excluding hydrogens is 232 g/mol. The van der Waals surface area contributed by atoms with Crippen molar-refractivity contribution in [2.24, 2.45) is 11.8 Å². The highest BCUT2D eigenvalue weighted by Crippen LogP contribution is 2.42. The third-order valence-electron chi connectivity index (χ3n) is 4.53. The summed E-state index contributed by atoms with van der Waals surface area (Å²) >= 11 is 0. The van der Waals surface area contributed by atoms with Gasteiger partial charge >= 0.3 is 0 Å². The number of hydrogen-bond acceptors (Lipinski definition) is 1. The molecule has 19 heavy (non-hydrogen) atoms. The van der Waals surface area contributed by atoms with Gasteiger partial charge in [-0.2, -0.15) is 0 Å². The highest BCUT2D eigenvalue weighted by Gasteiger charge is 2.35. The lowest BCUT2D eigenvalue weighted by Crippen LogP contribution is -2.33. The molecule has 0 amide bonds. The van der Waals surface area contributed by atoms with Crippen molar-refractivity contribution in [1.29, 1.82) is 0 Å². The van der Waals surface area contributed by atoms with Gasteiger partial charge in [-0.05, 0) is 55.1 Å². The fourth-order valence-corrected chi connectivity index (χ4v) is 3.55. The Hall–Kier alpha value is -0.820. The van der Waals surface area contributed by atoms with Crippen LogP contribution in [0.15, 0.2) is 24.3 Å². The summed E-state index contributed by atoms with van der Waals surface area (Å²) in [7, 11) is 0. The summed E-state index contributed by atoms with van der Waals surface area (Å²) in [6, 6.07) is 8.60. The van der Waals surface area contributed by atoms with Crippen LogP contribution in [-0.4, -0.2) is 5.11 Å². The van der Waals surface area contributed by atoms with E-state index < -0.39 is 5.60 Å². The van der Waals surface area contributed by atoms with Crippen LogP contribution in [0.5, 0.6) is 0 Å². The summed E-state index contributed by atoms with van der Waals surface area (Å²) in [5.74, 6) is 1.42. The first kappa shape index (κ1) is 14.6. The minimum atomic E-state index is -0.579. The second-order valence-electron chi connectivity index (χ2n) is 6.67. The van der Waals surface area contributed by atoms with Gasteiger partial charge in [0.2, 0.25) is 0 Å². The summed E-state index contributed by atoms with van der Waals surface area (Å²) in [6.45, 7) is 6.73. The molecule has 1 heteroatoms. The Bertz CT molecular complexity index is 393. The van der Waals surface area contributed by atoms with Crippen molar-refractivity contribution < 1.29 is 5.11 Å². The van der Waals surface area contributed by atoms with Crippen LogP contribution >= 0.6 is 0 Å². The molecule has 1 aromatic rings. The van der Waals surface area contributed by atoms with E-state index in [9.17, 15) is 5.11 Å². The second-order valence-corrected chi connectivity index (χ2v) is 6.67. The molecule has 1 nitrogen and oxygen atoms in total. The van der Waals surface area contributed by atoms with Gasteiger partial charge in [-0.1, -0.05) is 51.5 Å². The molecule has 106 valence electrons. The average Bonchev–Trinajstić information content (AvgIpc) is 2.38. The second kappa shape index (κ2) is 6.09. The lowest BCUT2D eigenvalue weighted by atomic mass is 9.72. The fraction of sp³-hybridized carbons (Fsp3) is 0.667. The van der Waals surface area contributed by atoms with Crippen molar-refractivity contribution in [2.75, 3.05) is 0 Å². The monoisotopic (exact) mass is 260 g/mol. The third-order valence-corrected chi connectivity index (χ3v) is 4.53. The van der Waals surface area contributed by atoms with Gasteiger partial charge in [0.15, 0.2) is 0 Å². The van der Waals surface area contributed by atoms with Crippen LogP contribution in [0.3, 0.4) is 0 Å². The average molecular weight is 260 g/mol. The molecule has 1 saturated carbocycles. The predicted molar refractivity (Wildman–Crippen MR) is 81.1 cm³/mol. The van der Waals surface area contributed by atoms with Crippen LogP contribution in [0.1, 0.15) is 64.0 Å². The Kier molecular flexibility index (Phi) is 4.67. The molecular formula is C18H28O. The highest BCUT2D eigenvalue weighted by atomic mass is 16.3. The van der Waals surface area contributed by atoms with Crippen molar-refractivity contribution in [1.82, 2.24) is 0 Å². The van der Waals surface area contributed by atoms with Gasteiger partial charge in [0.25, 0.3) is 0 Å². The van der Waals surface area contributed by atoms with E-state index in [1.807, 2.05) is 0 Å². The van der Waals surface area contributed by atoms with E-state index >= 15 is 0 Å². The molecule has 0 saturated heterocycles. The standard InChI is InChI=1S/C18H28O/c1-4-15-7-9-17(10-8-15)18(19)11-5-6-16(13-18)12-14(2)3/h7-10,14,16,19H,4-6,11-13H2,1-3H3. The first-order valence-electron chi connectivity index (χ1n) is 7.85. The van der Waals surface area contributed by atoms with Crippen LogP contribution in [0.25, 0.3) is 0 Å². The fourth-order valence-electron chi connectivity index (χ4n) is 3.55. The van der Waals surface area contributed by atoms with E-state index in [4.69, 9.17) is 0 Å². The number of rotatable bonds is 4. The van der Waals surface area contributed by atoms with Gasteiger partial charge in [-0.15, -0.1) is 0 Å². The Morgan fingerprint density at radius 1 is 1.26 bits per heavy atom. The zero-order chi connectivity index (χ0) is 13.9. The van der Waals surface area contributed by atoms with E-state index in [0.717, 1.165) is 37.2 Å². The van der Waals surface area contributed by atoms with Gasteiger partial charge in [0.05, 0.1) is 5.60 Å². The van der Waals surface area contributed by atoms with Crippen molar-refractivity contribution in [3.63, 3.8) is 0 Å².